The second kappa shape index (κ2) is 5.28. The fourth-order valence-electron chi connectivity index (χ4n) is 2.12. The molecule has 0 aliphatic carbocycles. The topological polar surface area (TPSA) is 92.5 Å². The lowest BCUT2D eigenvalue weighted by Gasteiger charge is -2.23. The van der Waals surface area contributed by atoms with Crippen molar-refractivity contribution < 1.29 is 13.2 Å². The van der Waals surface area contributed by atoms with Gasteiger partial charge in [0.2, 0.25) is 15.9 Å². The molecule has 1 aliphatic heterocycles. The molecule has 1 aromatic rings. The number of primary amides is 1. The summed E-state index contributed by atoms with van der Waals surface area (Å²) in [6, 6.07) is 5.76. The van der Waals surface area contributed by atoms with Crippen LogP contribution in [0.2, 0.25) is 0 Å². The summed E-state index contributed by atoms with van der Waals surface area (Å²) in [5.74, 6) is -0.637. The number of nitrogens with zero attached hydrogens (tertiary/aromatic N) is 1. The molecule has 1 atom stereocenters. The Balaban J connectivity index is 2.33. The van der Waals surface area contributed by atoms with E-state index in [1.54, 1.807) is 7.05 Å². The average molecular weight is 283 g/mol. The van der Waals surface area contributed by atoms with Crippen molar-refractivity contribution in [1.29, 1.82) is 0 Å². The Bertz CT molecular complexity index is 580. The van der Waals surface area contributed by atoms with Crippen molar-refractivity contribution in [2.24, 2.45) is 5.73 Å². The van der Waals surface area contributed by atoms with Crippen LogP contribution in [0.5, 0.6) is 0 Å². The average Bonchev–Trinajstić information content (AvgIpc) is 2.91. The normalized spacial score (nSPS) is 19.8. The van der Waals surface area contributed by atoms with Gasteiger partial charge in [-0.1, -0.05) is 6.07 Å². The molecule has 1 saturated heterocycles. The third-order valence-electron chi connectivity index (χ3n) is 3.34. The summed E-state index contributed by atoms with van der Waals surface area (Å²) in [4.78, 5) is 11.2. The van der Waals surface area contributed by atoms with Crippen LogP contribution in [0, 0.1) is 0 Å². The molecule has 1 unspecified atom stereocenters. The van der Waals surface area contributed by atoms with Crippen LogP contribution < -0.4 is 11.1 Å². The fourth-order valence-corrected chi connectivity index (χ4v) is 3.55. The van der Waals surface area contributed by atoms with Crippen molar-refractivity contribution in [2.75, 3.05) is 20.1 Å². The number of amides is 1. The van der Waals surface area contributed by atoms with E-state index >= 15 is 0 Å². The van der Waals surface area contributed by atoms with Crippen LogP contribution in [0.15, 0.2) is 29.2 Å². The van der Waals surface area contributed by atoms with Crippen molar-refractivity contribution in [3.05, 3.63) is 29.8 Å². The summed E-state index contributed by atoms with van der Waals surface area (Å²) in [5.41, 5.74) is 5.36. The van der Waals surface area contributed by atoms with Crippen molar-refractivity contribution >= 4 is 15.9 Å². The van der Waals surface area contributed by atoms with Gasteiger partial charge in [0, 0.05) is 25.2 Å². The van der Waals surface area contributed by atoms with E-state index < -0.39 is 15.9 Å². The summed E-state index contributed by atoms with van der Waals surface area (Å²) in [5, 5.41) is 3.13. The Morgan fingerprint density at radius 1 is 1.47 bits per heavy atom. The van der Waals surface area contributed by atoms with Crippen molar-refractivity contribution in [1.82, 2.24) is 9.62 Å². The first-order chi connectivity index (χ1) is 8.93. The van der Waals surface area contributed by atoms with Crippen molar-refractivity contribution in [2.45, 2.75) is 17.4 Å². The van der Waals surface area contributed by atoms with Crippen molar-refractivity contribution in [3.63, 3.8) is 0 Å². The van der Waals surface area contributed by atoms with Gasteiger partial charge in [-0.25, -0.2) is 8.42 Å². The highest BCUT2D eigenvalue weighted by molar-refractivity contribution is 7.89. The molecule has 1 heterocycles. The Morgan fingerprint density at radius 2 is 2.21 bits per heavy atom. The molecule has 1 aliphatic rings. The van der Waals surface area contributed by atoms with E-state index in [0.717, 1.165) is 13.0 Å². The highest BCUT2D eigenvalue weighted by Crippen LogP contribution is 2.20. The molecule has 1 fully saturated rings. The van der Waals surface area contributed by atoms with E-state index in [2.05, 4.69) is 5.32 Å². The van der Waals surface area contributed by atoms with Gasteiger partial charge in [-0.3, -0.25) is 4.79 Å². The van der Waals surface area contributed by atoms with Gasteiger partial charge in [0.05, 0.1) is 4.90 Å². The van der Waals surface area contributed by atoms with Gasteiger partial charge in [0.15, 0.2) is 0 Å². The fraction of sp³-hybridized carbons (Fsp3) is 0.417. The second-order valence-electron chi connectivity index (χ2n) is 4.56. The van der Waals surface area contributed by atoms with Crippen LogP contribution in [-0.4, -0.2) is 44.8 Å². The molecule has 0 aromatic heterocycles. The zero-order valence-electron chi connectivity index (χ0n) is 10.7. The molecule has 19 heavy (non-hydrogen) atoms. The van der Waals surface area contributed by atoms with Gasteiger partial charge in [-0.15, -0.1) is 0 Å². The highest BCUT2D eigenvalue weighted by Gasteiger charge is 2.30. The van der Waals surface area contributed by atoms with Crippen LogP contribution in [-0.2, 0) is 10.0 Å². The monoisotopic (exact) mass is 283 g/mol. The maximum Gasteiger partial charge on any atom is 0.248 e. The van der Waals surface area contributed by atoms with E-state index in [9.17, 15) is 13.2 Å². The number of carbonyl (C=O) groups is 1. The summed E-state index contributed by atoms with van der Waals surface area (Å²) in [6.45, 7) is 1.46. The van der Waals surface area contributed by atoms with E-state index in [1.807, 2.05) is 0 Å². The second-order valence-corrected chi connectivity index (χ2v) is 6.56. The van der Waals surface area contributed by atoms with Gasteiger partial charge in [0.25, 0.3) is 0 Å². The Hall–Kier alpha value is -1.44. The number of hydrogen-bond acceptors (Lipinski definition) is 4. The summed E-state index contributed by atoms with van der Waals surface area (Å²) < 4.78 is 26.2. The molecule has 0 spiro atoms. The quantitative estimate of drug-likeness (QED) is 0.798. The standard InChI is InChI=1S/C12H17N3O3S/c1-15(10-5-6-14-8-10)19(17,18)11-4-2-3-9(7-11)12(13)16/h2-4,7,10,14H,5-6,8H2,1H3,(H2,13,16). The number of benzene rings is 1. The van der Waals surface area contributed by atoms with E-state index in [4.69, 9.17) is 5.73 Å². The Labute approximate surface area is 112 Å². The van der Waals surface area contributed by atoms with E-state index in [-0.39, 0.29) is 16.5 Å². The molecule has 104 valence electrons. The van der Waals surface area contributed by atoms with Crippen molar-refractivity contribution in [3.8, 4) is 0 Å². The van der Waals surface area contributed by atoms with Gasteiger partial charge in [-0.2, -0.15) is 4.31 Å². The van der Waals surface area contributed by atoms with Crippen LogP contribution in [0.3, 0.4) is 0 Å². The number of nitrogens with one attached hydrogen (secondary N) is 1. The van der Waals surface area contributed by atoms with Crippen LogP contribution in [0.25, 0.3) is 0 Å². The third-order valence-corrected chi connectivity index (χ3v) is 5.25. The molecule has 0 radical (unpaired) electrons. The molecular weight excluding hydrogens is 266 g/mol. The van der Waals surface area contributed by atoms with Crippen LogP contribution in [0.1, 0.15) is 16.8 Å². The maximum absolute atomic E-state index is 12.4. The summed E-state index contributed by atoms with van der Waals surface area (Å²) in [6.07, 6.45) is 0.783. The van der Waals surface area contributed by atoms with E-state index in [0.29, 0.717) is 6.54 Å². The Morgan fingerprint density at radius 3 is 2.79 bits per heavy atom. The first-order valence-electron chi connectivity index (χ1n) is 6.01. The highest BCUT2D eigenvalue weighted by atomic mass is 32.2. The first kappa shape index (κ1) is 14.0. The lowest BCUT2D eigenvalue weighted by Crippen LogP contribution is -2.38. The number of likely N-dealkylation sites (N-methyl/N-ethyl adjacent to an activating group) is 1. The van der Waals surface area contributed by atoms with Gasteiger partial charge < -0.3 is 11.1 Å². The third kappa shape index (κ3) is 2.78. The van der Waals surface area contributed by atoms with Crippen LogP contribution >= 0.6 is 0 Å². The molecular formula is C12H17N3O3S. The SMILES string of the molecule is CN(C1CCNC1)S(=O)(=O)c1cccc(C(N)=O)c1. The summed E-state index contributed by atoms with van der Waals surface area (Å²) >= 11 is 0. The smallest absolute Gasteiger partial charge is 0.248 e. The minimum Gasteiger partial charge on any atom is -0.366 e. The zero-order valence-corrected chi connectivity index (χ0v) is 11.5. The molecule has 0 saturated carbocycles. The number of sulfonamides is 1. The van der Waals surface area contributed by atoms with E-state index in [1.165, 1.54) is 28.6 Å². The van der Waals surface area contributed by atoms with Gasteiger partial charge >= 0.3 is 0 Å². The molecule has 1 amide bonds. The largest absolute Gasteiger partial charge is 0.366 e. The maximum atomic E-state index is 12.4. The summed E-state index contributed by atoms with van der Waals surface area (Å²) in [7, 11) is -2.03. The zero-order chi connectivity index (χ0) is 14.0. The Kier molecular flexibility index (Phi) is 3.88. The predicted molar refractivity (Wildman–Crippen MR) is 71.2 cm³/mol. The number of rotatable bonds is 4. The molecule has 2 rings (SSSR count). The number of hydrogen-bond donors (Lipinski definition) is 2. The molecule has 0 bridgehead atoms. The molecule has 1 aromatic carbocycles. The minimum atomic E-state index is -3.59. The lowest BCUT2D eigenvalue weighted by atomic mass is 10.2. The lowest BCUT2D eigenvalue weighted by molar-refractivity contribution is 0.1000. The van der Waals surface area contributed by atoms with Gasteiger partial charge in [-0.05, 0) is 31.2 Å². The van der Waals surface area contributed by atoms with Gasteiger partial charge in [0.1, 0.15) is 0 Å². The predicted octanol–water partition coefficient (Wildman–Crippen LogP) is -0.232. The molecule has 6 nitrogen and oxygen atoms in total. The number of nitrogens with two attached hydrogens (primary N) is 1. The number of carbonyl (C=O) groups excluding carboxylic acids is 1. The molecule has 3 N–H and O–H groups in total. The van der Waals surface area contributed by atoms with Crippen LogP contribution in [0.4, 0.5) is 0 Å². The first-order valence-corrected chi connectivity index (χ1v) is 7.45. The minimum absolute atomic E-state index is 0.0535. The molecule has 7 heteroatoms.